The molecule has 1 amide bonds. The molecule has 2 rings (SSSR count). The lowest BCUT2D eigenvalue weighted by Gasteiger charge is -2.48. The average molecular weight is 292 g/mol. The second-order valence-electron chi connectivity index (χ2n) is 5.72. The summed E-state index contributed by atoms with van der Waals surface area (Å²) in [4.78, 5) is 16.3. The standard InChI is InChI=1S/C16H24N2O3/c1-12(13-6-8-14(9-7-13)17(2)3)15(19)18-10-16(11-18,20-4)21-5/h6-9,12H,10-11H2,1-5H3. The fraction of sp³-hybridized carbons (Fsp3) is 0.562. The molecule has 1 aliphatic rings. The maximum Gasteiger partial charge on any atom is 0.230 e. The zero-order chi connectivity index (χ0) is 15.6. The van der Waals surface area contributed by atoms with E-state index in [9.17, 15) is 4.79 Å². The minimum atomic E-state index is -0.621. The summed E-state index contributed by atoms with van der Waals surface area (Å²) < 4.78 is 10.6. The number of ether oxygens (including phenoxy) is 2. The molecule has 5 heteroatoms. The van der Waals surface area contributed by atoms with E-state index in [4.69, 9.17) is 9.47 Å². The first-order valence-electron chi connectivity index (χ1n) is 7.09. The highest BCUT2D eigenvalue weighted by Crippen LogP contribution is 2.29. The topological polar surface area (TPSA) is 42.0 Å². The maximum absolute atomic E-state index is 12.5. The van der Waals surface area contributed by atoms with Crippen molar-refractivity contribution in [2.24, 2.45) is 0 Å². The Bertz CT molecular complexity index is 487. The number of rotatable bonds is 5. The van der Waals surface area contributed by atoms with Crippen LogP contribution in [0.15, 0.2) is 24.3 Å². The Morgan fingerprint density at radius 1 is 1.19 bits per heavy atom. The maximum atomic E-state index is 12.5. The predicted molar refractivity (Wildman–Crippen MR) is 82.5 cm³/mol. The molecule has 5 nitrogen and oxygen atoms in total. The minimum absolute atomic E-state index is 0.109. The van der Waals surface area contributed by atoms with Gasteiger partial charge in [-0.3, -0.25) is 4.79 Å². The van der Waals surface area contributed by atoms with Gasteiger partial charge in [-0.15, -0.1) is 0 Å². The molecule has 0 saturated carbocycles. The van der Waals surface area contributed by atoms with Crippen molar-refractivity contribution < 1.29 is 14.3 Å². The Hall–Kier alpha value is -1.59. The molecular formula is C16H24N2O3. The highest BCUT2D eigenvalue weighted by molar-refractivity contribution is 5.84. The van der Waals surface area contributed by atoms with E-state index in [1.165, 1.54) is 0 Å². The Morgan fingerprint density at radius 2 is 1.71 bits per heavy atom. The van der Waals surface area contributed by atoms with E-state index < -0.39 is 5.79 Å². The molecule has 0 aliphatic carbocycles. The van der Waals surface area contributed by atoms with Crippen LogP contribution in [-0.2, 0) is 14.3 Å². The van der Waals surface area contributed by atoms with Gasteiger partial charge in [-0.2, -0.15) is 0 Å². The van der Waals surface area contributed by atoms with E-state index in [0.29, 0.717) is 13.1 Å². The number of likely N-dealkylation sites (tertiary alicyclic amines) is 1. The fourth-order valence-corrected chi connectivity index (χ4v) is 2.51. The third-order valence-corrected chi connectivity index (χ3v) is 4.20. The number of carbonyl (C=O) groups excluding carboxylic acids is 1. The second-order valence-corrected chi connectivity index (χ2v) is 5.72. The van der Waals surface area contributed by atoms with Crippen LogP contribution in [-0.4, -0.2) is 58.0 Å². The summed E-state index contributed by atoms with van der Waals surface area (Å²) in [5.41, 5.74) is 2.15. The lowest BCUT2D eigenvalue weighted by Crippen LogP contribution is -2.66. The Labute approximate surface area is 126 Å². The van der Waals surface area contributed by atoms with Crippen LogP contribution in [0.3, 0.4) is 0 Å². The summed E-state index contributed by atoms with van der Waals surface area (Å²) in [6.07, 6.45) is 0. The summed E-state index contributed by atoms with van der Waals surface area (Å²) >= 11 is 0. The van der Waals surface area contributed by atoms with E-state index >= 15 is 0 Å². The molecule has 1 unspecified atom stereocenters. The molecule has 1 heterocycles. The third-order valence-electron chi connectivity index (χ3n) is 4.20. The second kappa shape index (κ2) is 6.03. The van der Waals surface area contributed by atoms with Gasteiger partial charge in [0.2, 0.25) is 11.7 Å². The summed E-state index contributed by atoms with van der Waals surface area (Å²) in [5.74, 6) is -0.672. The van der Waals surface area contributed by atoms with E-state index in [0.717, 1.165) is 11.3 Å². The highest BCUT2D eigenvalue weighted by atomic mass is 16.7. The van der Waals surface area contributed by atoms with Gasteiger partial charge in [0.15, 0.2) is 0 Å². The number of amides is 1. The van der Waals surface area contributed by atoms with Crippen molar-refractivity contribution >= 4 is 11.6 Å². The van der Waals surface area contributed by atoms with Gasteiger partial charge >= 0.3 is 0 Å². The van der Waals surface area contributed by atoms with Gasteiger partial charge in [0.1, 0.15) is 0 Å². The third kappa shape index (κ3) is 3.04. The van der Waals surface area contributed by atoms with Gasteiger partial charge in [-0.25, -0.2) is 0 Å². The lowest BCUT2D eigenvalue weighted by atomic mass is 9.96. The normalized spacial score (nSPS) is 18.0. The number of carbonyl (C=O) groups is 1. The van der Waals surface area contributed by atoms with Crippen molar-refractivity contribution in [3.05, 3.63) is 29.8 Å². The van der Waals surface area contributed by atoms with Gasteiger partial charge < -0.3 is 19.3 Å². The zero-order valence-electron chi connectivity index (χ0n) is 13.4. The largest absolute Gasteiger partial charge is 0.378 e. The highest BCUT2D eigenvalue weighted by Gasteiger charge is 2.47. The Balaban J connectivity index is 2.00. The summed E-state index contributed by atoms with van der Waals surface area (Å²) in [6.45, 7) is 2.91. The van der Waals surface area contributed by atoms with Crippen LogP contribution >= 0.6 is 0 Å². The number of hydrogen-bond donors (Lipinski definition) is 0. The number of methoxy groups -OCH3 is 2. The van der Waals surface area contributed by atoms with Gasteiger partial charge in [0.05, 0.1) is 19.0 Å². The monoisotopic (exact) mass is 292 g/mol. The Kier molecular flexibility index (Phi) is 4.54. The molecule has 0 N–H and O–H groups in total. The van der Waals surface area contributed by atoms with Crippen molar-refractivity contribution in [2.45, 2.75) is 18.6 Å². The summed E-state index contributed by atoms with van der Waals surface area (Å²) in [5, 5.41) is 0. The van der Waals surface area contributed by atoms with Gasteiger partial charge in [-0.05, 0) is 24.6 Å². The van der Waals surface area contributed by atoms with Crippen molar-refractivity contribution in [3.8, 4) is 0 Å². The first-order valence-corrected chi connectivity index (χ1v) is 7.09. The molecule has 0 aromatic heterocycles. The molecule has 1 fully saturated rings. The molecule has 116 valence electrons. The predicted octanol–water partition coefficient (Wildman–Crippen LogP) is 1.69. The first-order chi connectivity index (χ1) is 9.92. The molecule has 1 aromatic rings. The summed E-state index contributed by atoms with van der Waals surface area (Å²) in [7, 11) is 7.21. The molecule has 21 heavy (non-hydrogen) atoms. The molecule has 1 atom stereocenters. The van der Waals surface area contributed by atoms with Crippen LogP contribution in [0.4, 0.5) is 5.69 Å². The average Bonchev–Trinajstić information content (AvgIpc) is 2.46. The first kappa shape index (κ1) is 15.8. The van der Waals surface area contributed by atoms with E-state index in [2.05, 4.69) is 0 Å². The molecule has 0 radical (unpaired) electrons. The van der Waals surface area contributed by atoms with Crippen LogP contribution in [0.2, 0.25) is 0 Å². The van der Waals surface area contributed by atoms with Crippen molar-refractivity contribution in [3.63, 3.8) is 0 Å². The van der Waals surface area contributed by atoms with Crippen molar-refractivity contribution in [1.82, 2.24) is 4.90 Å². The fourth-order valence-electron chi connectivity index (χ4n) is 2.51. The molecule has 0 bridgehead atoms. The number of anilines is 1. The summed E-state index contributed by atoms with van der Waals surface area (Å²) in [6, 6.07) is 8.09. The van der Waals surface area contributed by atoms with Crippen LogP contribution < -0.4 is 4.90 Å². The van der Waals surface area contributed by atoms with Crippen molar-refractivity contribution in [2.75, 3.05) is 46.3 Å². The van der Waals surface area contributed by atoms with Gasteiger partial charge in [0.25, 0.3) is 0 Å². The number of benzene rings is 1. The van der Waals surface area contributed by atoms with Crippen LogP contribution in [0.5, 0.6) is 0 Å². The molecule has 1 aliphatic heterocycles. The molecular weight excluding hydrogens is 268 g/mol. The molecule has 1 aromatic carbocycles. The van der Waals surface area contributed by atoms with Crippen LogP contribution in [0.1, 0.15) is 18.4 Å². The van der Waals surface area contributed by atoms with E-state index in [1.54, 1.807) is 19.1 Å². The van der Waals surface area contributed by atoms with Crippen LogP contribution in [0, 0.1) is 0 Å². The Morgan fingerprint density at radius 3 is 2.14 bits per heavy atom. The smallest absolute Gasteiger partial charge is 0.230 e. The van der Waals surface area contributed by atoms with Crippen molar-refractivity contribution in [1.29, 1.82) is 0 Å². The SMILES string of the molecule is COC1(OC)CN(C(=O)C(C)c2ccc(N(C)C)cc2)C1. The number of hydrogen-bond acceptors (Lipinski definition) is 4. The van der Waals surface area contributed by atoms with E-state index in [-0.39, 0.29) is 11.8 Å². The zero-order valence-corrected chi connectivity index (χ0v) is 13.4. The van der Waals surface area contributed by atoms with E-state index in [1.807, 2.05) is 50.2 Å². The van der Waals surface area contributed by atoms with Gasteiger partial charge in [-0.1, -0.05) is 12.1 Å². The quantitative estimate of drug-likeness (QED) is 0.775. The minimum Gasteiger partial charge on any atom is -0.378 e. The molecule has 0 spiro atoms. The van der Waals surface area contributed by atoms with Crippen LogP contribution in [0.25, 0.3) is 0 Å². The lowest BCUT2D eigenvalue weighted by molar-refractivity contribution is -0.271. The number of nitrogens with zero attached hydrogens (tertiary/aromatic N) is 2. The van der Waals surface area contributed by atoms with Gasteiger partial charge in [0, 0.05) is 34.0 Å². The molecule has 1 saturated heterocycles.